The van der Waals surface area contributed by atoms with Crippen molar-refractivity contribution in [3.05, 3.63) is 88.4 Å². The average Bonchev–Trinajstić information content (AvgIpc) is 3.31. The van der Waals surface area contributed by atoms with Crippen molar-refractivity contribution in [2.45, 2.75) is 6.54 Å². The number of nitrogens with one attached hydrogen (secondary N) is 1. The molecule has 3 heterocycles. The highest BCUT2D eigenvalue weighted by molar-refractivity contribution is 7.71. The quantitative estimate of drug-likeness (QED) is 0.358. The van der Waals surface area contributed by atoms with Crippen LogP contribution in [-0.2, 0) is 6.54 Å². The van der Waals surface area contributed by atoms with Crippen molar-refractivity contribution in [3.8, 4) is 5.69 Å². The van der Waals surface area contributed by atoms with Gasteiger partial charge >= 0.3 is 0 Å². The number of nitrogens with zero attached hydrogens (tertiary/aromatic N) is 5. The van der Waals surface area contributed by atoms with Gasteiger partial charge in [-0.2, -0.15) is 5.10 Å². The lowest BCUT2D eigenvalue weighted by atomic mass is 10.2. The lowest BCUT2D eigenvalue weighted by Crippen LogP contribution is -2.08. The van der Waals surface area contributed by atoms with Crippen molar-refractivity contribution in [2.24, 2.45) is 0 Å². The summed E-state index contributed by atoms with van der Waals surface area (Å²) in [6, 6.07) is 23.7. The Kier molecular flexibility index (Phi) is 4.12. The maximum absolute atomic E-state index is 6.18. The van der Waals surface area contributed by atoms with Gasteiger partial charge in [0.15, 0.2) is 16.2 Å². The molecule has 0 saturated heterocycles. The number of hydrogen-bond acceptors (Lipinski definition) is 4. The van der Waals surface area contributed by atoms with Gasteiger partial charge in [-0.15, -0.1) is 0 Å². The summed E-state index contributed by atoms with van der Waals surface area (Å²) in [5.74, 6) is 0.789. The van der Waals surface area contributed by atoms with Gasteiger partial charge in [0.05, 0.1) is 23.1 Å². The highest BCUT2D eigenvalue weighted by Gasteiger charge is 2.17. The number of benzene rings is 3. The molecular formula is C23H15ClN6S. The van der Waals surface area contributed by atoms with Crippen LogP contribution in [0.3, 0.4) is 0 Å². The molecule has 0 radical (unpaired) electrons. The van der Waals surface area contributed by atoms with Gasteiger partial charge in [0.2, 0.25) is 0 Å². The van der Waals surface area contributed by atoms with Crippen molar-refractivity contribution in [1.82, 2.24) is 29.3 Å². The van der Waals surface area contributed by atoms with Gasteiger partial charge in [-0.3, -0.25) is 9.67 Å². The van der Waals surface area contributed by atoms with Gasteiger partial charge in [0.25, 0.3) is 0 Å². The predicted molar refractivity (Wildman–Crippen MR) is 125 cm³/mol. The molecule has 0 atom stereocenters. The fraction of sp³-hybridized carbons (Fsp3) is 0.0435. The number of hydrogen-bond donors (Lipinski definition) is 1. The van der Waals surface area contributed by atoms with E-state index in [1.807, 2.05) is 65.2 Å². The van der Waals surface area contributed by atoms with Crippen LogP contribution in [0.15, 0.2) is 72.8 Å². The zero-order chi connectivity index (χ0) is 20.9. The van der Waals surface area contributed by atoms with E-state index in [1.165, 1.54) is 0 Å². The van der Waals surface area contributed by atoms with Crippen molar-refractivity contribution < 1.29 is 0 Å². The Morgan fingerprint density at radius 3 is 2.58 bits per heavy atom. The lowest BCUT2D eigenvalue weighted by molar-refractivity contribution is 0.760. The third-order valence-electron chi connectivity index (χ3n) is 5.37. The highest BCUT2D eigenvalue weighted by atomic mass is 35.5. The predicted octanol–water partition coefficient (Wildman–Crippen LogP) is 5.68. The Morgan fingerprint density at radius 2 is 1.71 bits per heavy atom. The van der Waals surface area contributed by atoms with Crippen molar-refractivity contribution >= 4 is 56.9 Å². The largest absolute Gasteiger partial charge is 0.316 e. The number of rotatable bonds is 3. The Bertz CT molecular complexity index is 1650. The van der Waals surface area contributed by atoms with Gasteiger partial charge in [-0.1, -0.05) is 48.0 Å². The summed E-state index contributed by atoms with van der Waals surface area (Å²) in [5.41, 5.74) is 5.20. The molecule has 150 valence electrons. The number of halogens is 1. The first-order valence-electron chi connectivity index (χ1n) is 9.75. The van der Waals surface area contributed by atoms with Crippen LogP contribution in [0, 0.1) is 4.77 Å². The molecular weight excluding hydrogens is 428 g/mol. The summed E-state index contributed by atoms with van der Waals surface area (Å²) in [4.78, 5) is 9.82. The molecule has 0 aliphatic heterocycles. The molecule has 8 heteroatoms. The summed E-state index contributed by atoms with van der Waals surface area (Å²) >= 11 is 11.7. The van der Waals surface area contributed by atoms with Gasteiger partial charge in [-0.25, -0.2) is 9.97 Å². The van der Waals surface area contributed by atoms with Crippen molar-refractivity contribution in [1.29, 1.82) is 0 Å². The standard InChI is InChI=1S/C23H15ClN6S/c24-14-10-11-17-18(12-14)25-21-16-8-4-5-9-19(16)29(22(21)26-17)13-20-27-28-23(31)30(20)15-6-2-1-3-7-15/h1-12H,13H2,(H,28,31). The molecule has 0 fully saturated rings. The monoisotopic (exact) mass is 442 g/mol. The Hall–Kier alpha value is -3.55. The first-order chi connectivity index (χ1) is 15.2. The number of aromatic amines is 1. The smallest absolute Gasteiger partial charge is 0.199 e. The van der Waals surface area contributed by atoms with E-state index < -0.39 is 0 Å². The van der Waals surface area contributed by atoms with Gasteiger partial charge in [0, 0.05) is 16.1 Å². The molecule has 1 N–H and O–H groups in total. The molecule has 0 unspecified atom stereocenters. The maximum Gasteiger partial charge on any atom is 0.199 e. The van der Waals surface area contributed by atoms with Gasteiger partial charge < -0.3 is 4.57 Å². The minimum Gasteiger partial charge on any atom is -0.316 e. The van der Waals surface area contributed by atoms with Crippen LogP contribution in [0.25, 0.3) is 38.8 Å². The summed E-state index contributed by atoms with van der Waals surface area (Å²) in [5, 5.41) is 9.12. The van der Waals surface area contributed by atoms with Crippen molar-refractivity contribution in [3.63, 3.8) is 0 Å². The van der Waals surface area contributed by atoms with Crippen LogP contribution < -0.4 is 0 Å². The second-order valence-electron chi connectivity index (χ2n) is 7.25. The zero-order valence-electron chi connectivity index (χ0n) is 16.2. The van der Waals surface area contributed by atoms with E-state index in [2.05, 4.69) is 26.9 Å². The minimum atomic E-state index is 0.486. The molecule has 0 spiro atoms. The Morgan fingerprint density at radius 1 is 0.903 bits per heavy atom. The summed E-state index contributed by atoms with van der Waals surface area (Å²) in [7, 11) is 0. The molecule has 0 bridgehead atoms. The normalized spacial score (nSPS) is 11.6. The number of aromatic nitrogens is 6. The third kappa shape index (κ3) is 2.93. The van der Waals surface area contributed by atoms with Crippen LogP contribution >= 0.6 is 23.8 Å². The molecule has 3 aromatic heterocycles. The second-order valence-corrected chi connectivity index (χ2v) is 8.07. The molecule has 0 amide bonds. The molecule has 0 aliphatic rings. The van der Waals surface area contributed by atoms with Crippen LogP contribution in [-0.4, -0.2) is 29.3 Å². The molecule has 3 aromatic carbocycles. The van der Waals surface area contributed by atoms with E-state index in [-0.39, 0.29) is 0 Å². The fourth-order valence-corrected chi connectivity index (χ4v) is 4.41. The van der Waals surface area contributed by atoms with Gasteiger partial charge in [0.1, 0.15) is 5.52 Å². The zero-order valence-corrected chi connectivity index (χ0v) is 17.7. The number of fused-ring (bicyclic) bond motifs is 4. The Labute approximate surface area is 186 Å². The van der Waals surface area contributed by atoms with Gasteiger partial charge in [-0.05, 0) is 48.6 Å². The van der Waals surface area contributed by atoms with E-state index in [0.29, 0.717) is 16.3 Å². The molecule has 6 nitrogen and oxygen atoms in total. The summed E-state index contributed by atoms with van der Waals surface area (Å²) in [6.07, 6.45) is 0. The molecule has 0 aliphatic carbocycles. The maximum atomic E-state index is 6.18. The SMILES string of the molecule is S=c1[nH]nc(Cn2c3ccccc3c3nc4cc(Cl)ccc4nc32)n1-c1ccccc1. The van der Waals surface area contributed by atoms with Crippen LogP contribution in [0.2, 0.25) is 5.02 Å². The minimum absolute atomic E-state index is 0.486. The van der Waals surface area contributed by atoms with Crippen LogP contribution in [0.4, 0.5) is 0 Å². The lowest BCUT2D eigenvalue weighted by Gasteiger charge is -2.09. The van der Waals surface area contributed by atoms with E-state index >= 15 is 0 Å². The van der Waals surface area contributed by atoms with Crippen LogP contribution in [0.1, 0.15) is 5.82 Å². The topological polar surface area (TPSA) is 64.3 Å². The first-order valence-corrected chi connectivity index (χ1v) is 10.5. The van der Waals surface area contributed by atoms with E-state index in [4.69, 9.17) is 33.8 Å². The highest BCUT2D eigenvalue weighted by Crippen LogP contribution is 2.29. The van der Waals surface area contributed by atoms with Crippen molar-refractivity contribution in [2.75, 3.05) is 0 Å². The number of H-pyrrole nitrogens is 1. The summed E-state index contributed by atoms with van der Waals surface area (Å²) in [6.45, 7) is 0.486. The third-order valence-corrected chi connectivity index (χ3v) is 5.88. The second kappa shape index (κ2) is 7.01. The van der Waals surface area contributed by atoms with E-state index in [1.54, 1.807) is 0 Å². The fourth-order valence-electron chi connectivity index (χ4n) is 3.99. The average molecular weight is 443 g/mol. The Balaban J connectivity index is 1.62. The molecule has 6 aromatic rings. The first kappa shape index (κ1) is 18.2. The molecule has 31 heavy (non-hydrogen) atoms. The molecule has 6 rings (SSSR count). The van der Waals surface area contributed by atoms with Crippen LogP contribution in [0.5, 0.6) is 0 Å². The van der Waals surface area contributed by atoms with E-state index in [0.717, 1.165) is 44.6 Å². The summed E-state index contributed by atoms with van der Waals surface area (Å²) < 4.78 is 4.63. The van der Waals surface area contributed by atoms with E-state index in [9.17, 15) is 0 Å². The number of para-hydroxylation sites is 2. The molecule has 0 saturated carbocycles.